The van der Waals surface area contributed by atoms with Gasteiger partial charge in [0.25, 0.3) is 16.0 Å². The molecule has 10 nitrogen and oxygen atoms in total. The molecular weight excluding hydrogens is 432 g/mol. The SMILES string of the molecule is CC(C)[C@@H](CNC(=O)OC(C)(C)C)NC(=O)c1csc(N2CC(OS(C)(=O)=O)C2)n1. The van der Waals surface area contributed by atoms with Crippen LogP contribution >= 0.6 is 11.3 Å². The van der Waals surface area contributed by atoms with Gasteiger partial charge in [0.15, 0.2) is 5.13 Å². The first-order chi connectivity index (χ1) is 13.7. The summed E-state index contributed by atoms with van der Waals surface area (Å²) in [6, 6.07) is -0.299. The molecular formula is C18H30N4O6S2. The van der Waals surface area contributed by atoms with E-state index in [1.165, 1.54) is 11.3 Å². The van der Waals surface area contributed by atoms with Gasteiger partial charge in [0.05, 0.1) is 6.26 Å². The minimum Gasteiger partial charge on any atom is -0.444 e. The molecule has 170 valence electrons. The van der Waals surface area contributed by atoms with E-state index in [0.717, 1.165) is 6.26 Å². The third-order valence-corrected chi connectivity index (χ3v) is 5.66. The van der Waals surface area contributed by atoms with Crippen molar-refractivity contribution in [2.24, 2.45) is 5.92 Å². The van der Waals surface area contributed by atoms with E-state index in [1.807, 2.05) is 18.7 Å². The summed E-state index contributed by atoms with van der Waals surface area (Å²) in [5, 5.41) is 7.84. The predicted molar refractivity (Wildman–Crippen MR) is 114 cm³/mol. The lowest BCUT2D eigenvalue weighted by Crippen LogP contribution is -2.53. The van der Waals surface area contributed by atoms with E-state index in [4.69, 9.17) is 8.92 Å². The van der Waals surface area contributed by atoms with E-state index in [1.54, 1.807) is 26.2 Å². The Labute approximate surface area is 181 Å². The second kappa shape index (κ2) is 9.48. The van der Waals surface area contributed by atoms with Crippen LogP contribution in [0.3, 0.4) is 0 Å². The maximum Gasteiger partial charge on any atom is 0.407 e. The smallest absolute Gasteiger partial charge is 0.407 e. The first kappa shape index (κ1) is 24.4. The zero-order chi connectivity index (χ0) is 22.7. The van der Waals surface area contributed by atoms with Crippen molar-refractivity contribution >= 4 is 38.6 Å². The van der Waals surface area contributed by atoms with Crippen molar-refractivity contribution in [2.45, 2.75) is 52.4 Å². The Morgan fingerprint density at radius 3 is 2.50 bits per heavy atom. The molecule has 0 saturated carbocycles. The molecule has 0 unspecified atom stereocenters. The lowest BCUT2D eigenvalue weighted by atomic mass is 10.0. The first-order valence-electron chi connectivity index (χ1n) is 9.60. The van der Waals surface area contributed by atoms with E-state index in [-0.39, 0.29) is 30.1 Å². The molecule has 2 heterocycles. The van der Waals surface area contributed by atoms with Crippen molar-refractivity contribution in [3.63, 3.8) is 0 Å². The van der Waals surface area contributed by atoms with E-state index < -0.39 is 27.9 Å². The Bertz CT molecular complexity index is 856. The number of alkyl carbamates (subject to hydrolysis) is 1. The monoisotopic (exact) mass is 462 g/mol. The van der Waals surface area contributed by atoms with Gasteiger partial charge in [-0.3, -0.25) is 8.98 Å². The number of anilines is 1. The standard InChI is InChI=1S/C18H30N4O6S2/c1-11(2)13(7-19-17(24)27-18(3,4)5)20-15(23)14-10-29-16(21-14)22-8-12(9-22)28-30(6,25)26/h10-13H,7-9H2,1-6H3,(H,19,24)(H,20,23)/t13-/m1/s1. The largest absolute Gasteiger partial charge is 0.444 e. The zero-order valence-corrected chi connectivity index (χ0v) is 19.7. The van der Waals surface area contributed by atoms with Crippen molar-refractivity contribution in [1.82, 2.24) is 15.6 Å². The molecule has 1 saturated heterocycles. The molecule has 30 heavy (non-hydrogen) atoms. The molecule has 1 aromatic heterocycles. The Kier molecular flexibility index (Phi) is 7.69. The summed E-state index contributed by atoms with van der Waals surface area (Å²) in [6.45, 7) is 10.2. The highest BCUT2D eigenvalue weighted by Crippen LogP contribution is 2.27. The van der Waals surface area contributed by atoms with E-state index in [9.17, 15) is 18.0 Å². The normalized spacial score (nSPS) is 16.2. The second-order valence-electron chi connectivity index (χ2n) is 8.55. The molecule has 2 N–H and O–H groups in total. The minimum atomic E-state index is -3.49. The number of rotatable bonds is 8. The molecule has 2 rings (SSSR count). The highest BCUT2D eigenvalue weighted by atomic mass is 32.2. The van der Waals surface area contributed by atoms with Gasteiger partial charge in [0.2, 0.25) is 0 Å². The molecule has 1 fully saturated rings. The fraction of sp³-hybridized carbons (Fsp3) is 0.722. The number of nitrogens with one attached hydrogen (secondary N) is 2. The molecule has 0 radical (unpaired) electrons. The molecule has 1 aliphatic heterocycles. The summed E-state index contributed by atoms with van der Waals surface area (Å²) < 4.78 is 32.4. The van der Waals surface area contributed by atoms with Crippen LogP contribution in [-0.2, 0) is 19.0 Å². The van der Waals surface area contributed by atoms with Gasteiger partial charge in [-0.25, -0.2) is 9.78 Å². The van der Waals surface area contributed by atoms with Crippen molar-refractivity contribution < 1.29 is 26.9 Å². The minimum absolute atomic E-state index is 0.0753. The van der Waals surface area contributed by atoms with Gasteiger partial charge in [-0.2, -0.15) is 8.42 Å². The fourth-order valence-electron chi connectivity index (χ4n) is 2.62. The Morgan fingerprint density at radius 2 is 1.97 bits per heavy atom. The van der Waals surface area contributed by atoms with Crippen molar-refractivity contribution in [3.8, 4) is 0 Å². The van der Waals surface area contributed by atoms with Crippen LogP contribution in [-0.4, -0.2) is 69.0 Å². The first-order valence-corrected chi connectivity index (χ1v) is 12.3. The van der Waals surface area contributed by atoms with Gasteiger partial charge < -0.3 is 20.3 Å². The van der Waals surface area contributed by atoms with Crippen LogP contribution in [0.5, 0.6) is 0 Å². The lowest BCUT2D eigenvalue weighted by Gasteiger charge is -2.37. The van der Waals surface area contributed by atoms with Crippen LogP contribution in [0.4, 0.5) is 9.93 Å². The molecule has 0 aromatic carbocycles. The summed E-state index contributed by atoms with van der Waals surface area (Å²) in [7, 11) is -3.49. The number of nitrogens with zero attached hydrogens (tertiary/aromatic N) is 2. The number of aromatic nitrogens is 1. The second-order valence-corrected chi connectivity index (χ2v) is 11.0. The number of amides is 2. The number of hydrogen-bond donors (Lipinski definition) is 2. The third kappa shape index (κ3) is 7.73. The molecule has 1 aliphatic rings. The summed E-state index contributed by atoms with van der Waals surface area (Å²) in [4.78, 5) is 30.6. The molecule has 0 aliphatic carbocycles. The summed E-state index contributed by atoms with van der Waals surface area (Å²) in [6.07, 6.45) is 0.0806. The maximum atomic E-state index is 12.6. The van der Waals surface area contributed by atoms with Crippen LogP contribution in [0.1, 0.15) is 45.1 Å². The molecule has 1 atom stereocenters. The lowest BCUT2D eigenvalue weighted by molar-refractivity contribution is 0.0516. The summed E-state index contributed by atoms with van der Waals surface area (Å²) in [5.41, 5.74) is -0.328. The topological polar surface area (TPSA) is 127 Å². The van der Waals surface area contributed by atoms with Crippen molar-refractivity contribution in [3.05, 3.63) is 11.1 Å². The highest BCUT2D eigenvalue weighted by molar-refractivity contribution is 7.86. The number of ether oxygens (including phenoxy) is 1. The number of carbonyl (C=O) groups excluding carboxylic acids is 2. The summed E-state index contributed by atoms with van der Waals surface area (Å²) in [5.74, 6) is -0.266. The molecule has 2 amide bonds. The van der Waals surface area contributed by atoms with E-state index in [0.29, 0.717) is 18.2 Å². The van der Waals surface area contributed by atoms with Gasteiger partial charge in [0, 0.05) is 31.1 Å². The fourth-order valence-corrected chi connectivity index (χ4v) is 4.06. The average molecular weight is 463 g/mol. The van der Waals surface area contributed by atoms with Gasteiger partial charge in [-0.1, -0.05) is 13.8 Å². The van der Waals surface area contributed by atoms with E-state index in [2.05, 4.69) is 15.6 Å². The van der Waals surface area contributed by atoms with Gasteiger partial charge >= 0.3 is 6.09 Å². The highest BCUT2D eigenvalue weighted by Gasteiger charge is 2.33. The van der Waals surface area contributed by atoms with Crippen LogP contribution in [0, 0.1) is 5.92 Å². The van der Waals surface area contributed by atoms with Gasteiger partial charge in [0.1, 0.15) is 17.4 Å². The van der Waals surface area contributed by atoms with Gasteiger partial charge in [-0.05, 0) is 26.7 Å². The van der Waals surface area contributed by atoms with Crippen LogP contribution in [0.15, 0.2) is 5.38 Å². The third-order valence-electron chi connectivity index (χ3n) is 4.14. The molecule has 0 bridgehead atoms. The number of carbonyl (C=O) groups is 2. The van der Waals surface area contributed by atoms with E-state index >= 15 is 0 Å². The van der Waals surface area contributed by atoms with Crippen molar-refractivity contribution in [2.75, 3.05) is 30.8 Å². The quantitative estimate of drug-likeness (QED) is 0.558. The maximum absolute atomic E-state index is 12.6. The van der Waals surface area contributed by atoms with Crippen LogP contribution in [0.25, 0.3) is 0 Å². The Morgan fingerprint density at radius 1 is 1.33 bits per heavy atom. The molecule has 12 heteroatoms. The molecule has 0 spiro atoms. The van der Waals surface area contributed by atoms with Crippen LogP contribution in [0.2, 0.25) is 0 Å². The zero-order valence-electron chi connectivity index (χ0n) is 18.1. The summed E-state index contributed by atoms with van der Waals surface area (Å²) >= 11 is 1.30. The Balaban J connectivity index is 1.87. The Hall–Kier alpha value is -1.92. The van der Waals surface area contributed by atoms with Crippen LogP contribution < -0.4 is 15.5 Å². The average Bonchev–Trinajstić information content (AvgIpc) is 3.01. The molecule has 1 aromatic rings. The predicted octanol–water partition coefficient (Wildman–Crippen LogP) is 1.59. The van der Waals surface area contributed by atoms with Crippen molar-refractivity contribution in [1.29, 1.82) is 0 Å². The van der Waals surface area contributed by atoms with Gasteiger partial charge in [-0.15, -0.1) is 11.3 Å². The number of thiazole rings is 1. The number of hydrogen-bond acceptors (Lipinski definition) is 9.